The molecular weight excluding hydrogens is 414 g/mol. The Labute approximate surface area is 162 Å². The van der Waals surface area contributed by atoms with Crippen LogP contribution in [0, 0.1) is 0 Å². The van der Waals surface area contributed by atoms with E-state index < -0.39 is 0 Å². The van der Waals surface area contributed by atoms with Gasteiger partial charge in [-0.1, -0.05) is 15.9 Å². The van der Waals surface area contributed by atoms with Gasteiger partial charge in [0.1, 0.15) is 5.82 Å². The zero-order valence-corrected chi connectivity index (χ0v) is 16.7. The number of thioether (sulfide) groups is 1. The van der Waals surface area contributed by atoms with Crippen LogP contribution in [0.25, 0.3) is 22.1 Å². The SMILES string of the molecule is CSCCCn1c(Cn2c(=O)[nH]c3ccncc32)nc2cc(Br)ccc21. The highest BCUT2D eigenvalue weighted by molar-refractivity contribution is 9.10. The van der Waals surface area contributed by atoms with Crippen LogP contribution in [0.1, 0.15) is 12.2 Å². The van der Waals surface area contributed by atoms with Crippen molar-refractivity contribution >= 4 is 49.8 Å². The molecule has 1 aromatic carbocycles. The van der Waals surface area contributed by atoms with Gasteiger partial charge in [-0.3, -0.25) is 9.55 Å². The third kappa shape index (κ3) is 3.19. The van der Waals surface area contributed by atoms with Crippen molar-refractivity contribution in [2.75, 3.05) is 12.0 Å². The van der Waals surface area contributed by atoms with Crippen LogP contribution in [0.5, 0.6) is 0 Å². The lowest BCUT2D eigenvalue weighted by Gasteiger charge is -2.09. The van der Waals surface area contributed by atoms with Crippen LogP contribution in [-0.2, 0) is 13.1 Å². The number of aromatic nitrogens is 5. The quantitative estimate of drug-likeness (QED) is 0.473. The summed E-state index contributed by atoms with van der Waals surface area (Å²) in [5.41, 5.74) is 3.47. The van der Waals surface area contributed by atoms with Crippen molar-refractivity contribution in [1.29, 1.82) is 0 Å². The standard InChI is InChI=1S/C18H18BrN5OS/c1-26-8-2-7-23-15-4-3-12(19)9-14(15)21-17(23)11-24-16-10-20-6-5-13(16)22-18(24)25/h3-6,9-10H,2,7-8,11H2,1H3,(H,22,25). The van der Waals surface area contributed by atoms with Crippen LogP contribution >= 0.6 is 27.7 Å². The van der Waals surface area contributed by atoms with Gasteiger partial charge in [0.2, 0.25) is 0 Å². The normalized spacial score (nSPS) is 11.6. The van der Waals surface area contributed by atoms with Crippen LogP contribution < -0.4 is 5.69 Å². The number of nitrogens with one attached hydrogen (secondary N) is 1. The fourth-order valence-corrected chi connectivity index (χ4v) is 3.95. The predicted octanol–water partition coefficient (Wildman–Crippen LogP) is 3.64. The lowest BCUT2D eigenvalue weighted by molar-refractivity contribution is 0.627. The van der Waals surface area contributed by atoms with E-state index in [2.05, 4.69) is 42.8 Å². The molecule has 8 heteroatoms. The zero-order chi connectivity index (χ0) is 18.1. The number of benzene rings is 1. The molecule has 0 aliphatic heterocycles. The first-order chi connectivity index (χ1) is 12.7. The Bertz CT molecular complexity index is 1130. The Morgan fingerprint density at radius 3 is 2.96 bits per heavy atom. The largest absolute Gasteiger partial charge is 0.326 e. The minimum absolute atomic E-state index is 0.142. The molecule has 3 heterocycles. The molecule has 4 rings (SSSR count). The minimum atomic E-state index is -0.142. The number of halogens is 1. The smallest absolute Gasteiger partial charge is 0.326 e. The highest BCUT2D eigenvalue weighted by Gasteiger charge is 2.14. The summed E-state index contributed by atoms with van der Waals surface area (Å²) in [6.45, 7) is 1.29. The molecule has 0 aliphatic rings. The van der Waals surface area contributed by atoms with Gasteiger partial charge >= 0.3 is 5.69 Å². The predicted molar refractivity (Wildman–Crippen MR) is 110 cm³/mol. The summed E-state index contributed by atoms with van der Waals surface area (Å²) >= 11 is 5.35. The van der Waals surface area contributed by atoms with Crippen molar-refractivity contribution in [3.05, 3.63) is 57.4 Å². The molecule has 0 saturated heterocycles. The average molecular weight is 432 g/mol. The first-order valence-electron chi connectivity index (χ1n) is 8.33. The number of pyridine rings is 1. The van der Waals surface area contributed by atoms with Crippen LogP contribution in [0.4, 0.5) is 0 Å². The van der Waals surface area contributed by atoms with Crippen molar-refractivity contribution in [2.24, 2.45) is 0 Å². The van der Waals surface area contributed by atoms with Crippen molar-refractivity contribution in [2.45, 2.75) is 19.5 Å². The summed E-state index contributed by atoms with van der Waals surface area (Å²) in [5.74, 6) is 1.97. The molecule has 0 atom stereocenters. The van der Waals surface area contributed by atoms with E-state index in [0.29, 0.717) is 6.54 Å². The maximum absolute atomic E-state index is 12.4. The number of H-pyrrole nitrogens is 1. The van der Waals surface area contributed by atoms with E-state index in [4.69, 9.17) is 4.98 Å². The van der Waals surface area contributed by atoms with E-state index in [1.54, 1.807) is 17.0 Å². The summed E-state index contributed by atoms with van der Waals surface area (Å²) in [7, 11) is 0. The van der Waals surface area contributed by atoms with Crippen molar-refractivity contribution in [3.63, 3.8) is 0 Å². The fraction of sp³-hybridized carbons (Fsp3) is 0.278. The zero-order valence-electron chi connectivity index (χ0n) is 14.3. The number of rotatable bonds is 6. The van der Waals surface area contributed by atoms with Gasteiger partial charge < -0.3 is 9.55 Å². The number of hydrogen-bond acceptors (Lipinski definition) is 4. The molecule has 0 radical (unpaired) electrons. The van der Waals surface area contributed by atoms with E-state index in [9.17, 15) is 4.79 Å². The first kappa shape index (κ1) is 17.4. The monoisotopic (exact) mass is 431 g/mol. The van der Waals surface area contributed by atoms with Crippen LogP contribution in [0.2, 0.25) is 0 Å². The number of nitrogens with zero attached hydrogens (tertiary/aromatic N) is 4. The summed E-state index contributed by atoms with van der Waals surface area (Å²) in [4.78, 5) is 24.3. The average Bonchev–Trinajstić information content (AvgIpc) is 3.13. The Kier molecular flexibility index (Phi) is 4.86. The van der Waals surface area contributed by atoms with Gasteiger partial charge in [-0.25, -0.2) is 9.78 Å². The summed E-state index contributed by atoms with van der Waals surface area (Å²) in [6, 6.07) is 7.93. The van der Waals surface area contributed by atoms with Gasteiger partial charge in [0.05, 0.1) is 34.8 Å². The fourth-order valence-electron chi connectivity index (χ4n) is 3.19. The van der Waals surface area contributed by atoms with E-state index in [1.165, 1.54) is 0 Å². The molecule has 1 N–H and O–H groups in total. The maximum atomic E-state index is 12.4. The second kappa shape index (κ2) is 7.28. The molecular formula is C18H18BrN5OS. The minimum Gasteiger partial charge on any atom is -0.326 e. The Morgan fingerprint density at radius 2 is 2.12 bits per heavy atom. The van der Waals surface area contributed by atoms with Gasteiger partial charge in [0.25, 0.3) is 0 Å². The second-order valence-electron chi connectivity index (χ2n) is 6.07. The van der Waals surface area contributed by atoms with Crippen molar-refractivity contribution < 1.29 is 0 Å². The van der Waals surface area contributed by atoms with Gasteiger partial charge in [-0.15, -0.1) is 0 Å². The Balaban J connectivity index is 1.80. The molecule has 0 aliphatic carbocycles. The third-order valence-corrected chi connectivity index (χ3v) is 5.59. The molecule has 0 bridgehead atoms. The highest BCUT2D eigenvalue weighted by atomic mass is 79.9. The van der Waals surface area contributed by atoms with Crippen molar-refractivity contribution in [3.8, 4) is 0 Å². The lowest BCUT2D eigenvalue weighted by atomic mass is 10.3. The number of fused-ring (bicyclic) bond motifs is 2. The van der Waals surface area contributed by atoms with E-state index in [1.807, 2.05) is 30.0 Å². The molecule has 0 spiro atoms. The van der Waals surface area contributed by atoms with Gasteiger partial charge in [0.15, 0.2) is 0 Å². The topological polar surface area (TPSA) is 68.5 Å². The van der Waals surface area contributed by atoms with E-state index >= 15 is 0 Å². The highest BCUT2D eigenvalue weighted by Crippen LogP contribution is 2.22. The summed E-state index contributed by atoms with van der Waals surface area (Å²) < 4.78 is 4.92. The molecule has 3 aromatic heterocycles. The van der Waals surface area contributed by atoms with E-state index in [0.717, 1.165) is 51.1 Å². The van der Waals surface area contributed by atoms with Crippen LogP contribution in [0.3, 0.4) is 0 Å². The number of aromatic amines is 1. The molecule has 6 nitrogen and oxygen atoms in total. The number of aryl methyl sites for hydroxylation is 1. The Morgan fingerprint density at radius 1 is 1.23 bits per heavy atom. The van der Waals surface area contributed by atoms with Crippen molar-refractivity contribution in [1.82, 2.24) is 24.1 Å². The Hall–Kier alpha value is -2.06. The summed E-state index contributed by atoms with van der Waals surface area (Å²) in [6.07, 6.45) is 6.56. The molecule has 0 fully saturated rings. The number of imidazole rings is 2. The van der Waals surface area contributed by atoms with Crippen LogP contribution in [-0.4, -0.2) is 36.1 Å². The van der Waals surface area contributed by atoms with Gasteiger partial charge in [-0.05, 0) is 42.7 Å². The lowest BCUT2D eigenvalue weighted by Crippen LogP contribution is -2.20. The van der Waals surface area contributed by atoms with Crippen LogP contribution in [0.15, 0.2) is 45.9 Å². The third-order valence-electron chi connectivity index (χ3n) is 4.40. The van der Waals surface area contributed by atoms with E-state index in [-0.39, 0.29) is 5.69 Å². The molecule has 26 heavy (non-hydrogen) atoms. The molecule has 0 saturated carbocycles. The summed E-state index contributed by atoms with van der Waals surface area (Å²) in [5, 5.41) is 0. The molecule has 0 unspecified atom stereocenters. The molecule has 4 aromatic rings. The van der Waals surface area contributed by atoms with Gasteiger partial charge in [0, 0.05) is 17.2 Å². The molecule has 134 valence electrons. The number of hydrogen-bond donors (Lipinski definition) is 1. The van der Waals surface area contributed by atoms with Gasteiger partial charge in [-0.2, -0.15) is 11.8 Å². The molecule has 0 amide bonds. The second-order valence-corrected chi connectivity index (χ2v) is 7.97. The first-order valence-corrected chi connectivity index (χ1v) is 10.5. The maximum Gasteiger partial charge on any atom is 0.326 e.